The molecular formula is C15H14F3N3O3. The van der Waals surface area contributed by atoms with Crippen LogP contribution in [0.5, 0.6) is 0 Å². The van der Waals surface area contributed by atoms with Gasteiger partial charge in [-0.25, -0.2) is 4.98 Å². The van der Waals surface area contributed by atoms with Gasteiger partial charge in [0.25, 0.3) is 5.91 Å². The molecular weight excluding hydrogens is 327 g/mol. The SMILES string of the molecule is Cc1[nH]c(-c2cccc(C(F)(F)F)c2)nc1C(=O)NCCC(=O)O. The highest BCUT2D eigenvalue weighted by molar-refractivity contribution is 5.94. The van der Waals surface area contributed by atoms with Gasteiger partial charge in [-0.1, -0.05) is 12.1 Å². The van der Waals surface area contributed by atoms with Gasteiger partial charge in [-0.2, -0.15) is 13.2 Å². The molecule has 128 valence electrons. The van der Waals surface area contributed by atoms with E-state index in [1.54, 1.807) is 6.92 Å². The number of carbonyl (C=O) groups is 2. The highest BCUT2D eigenvalue weighted by Gasteiger charge is 2.30. The maximum atomic E-state index is 12.8. The van der Waals surface area contributed by atoms with Crippen LogP contribution in [0.3, 0.4) is 0 Å². The summed E-state index contributed by atoms with van der Waals surface area (Å²) in [5.41, 5.74) is -0.248. The number of aromatic amines is 1. The average molecular weight is 341 g/mol. The average Bonchev–Trinajstić information content (AvgIpc) is 2.88. The van der Waals surface area contributed by atoms with Crippen LogP contribution >= 0.6 is 0 Å². The first kappa shape index (κ1) is 17.5. The number of hydrogen-bond acceptors (Lipinski definition) is 3. The van der Waals surface area contributed by atoms with Crippen molar-refractivity contribution in [2.45, 2.75) is 19.5 Å². The predicted molar refractivity (Wildman–Crippen MR) is 78.3 cm³/mol. The minimum absolute atomic E-state index is 0.00722. The summed E-state index contributed by atoms with van der Waals surface area (Å²) >= 11 is 0. The summed E-state index contributed by atoms with van der Waals surface area (Å²) < 4.78 is 38.3. The quantitative estimate of drug-likeness (QED) is 0.779. The Kier molecular flexibility index (Phi) is 4.91. The molecule has 0 bridgehead atoms. The van der Waals surface area contributed by atoms with Crippen molar-refractivity contribution >= 4 is 11.9 Å². The minimum Gasteiger partial charge on any atom is -0.481 e. The van der Waals surface area contributed by atoms with Crippen LogP contribution in [-0.4, -0.2) is 33.5 Å². The monoisotopic (exact) mass is 341 g/mol. The number of halogens is 3. The summed E-state index contributed by atoms with van der Waals surface area (Å²) in [6, 6.07) is 4.57. The predicted octanol–water partition coefficient (Wildman–Crippen LogP) is 2.61. The van der Waals surface area contributed by atoms with E-state index in [0.29, 0.717) is 5.69 Å². The molecule has 3 N–H and O–H groups in total. The Balaban J connectivity index is 2.22. The molecule has 0 fully saturated rings. The normalized spacial score (nSPS) is 11.3. The molecule has 2 rings (SSSR count). The summed E-state index contributed by atoms with van der Waals surface area (Å²) in [5, 5.41) is 10.9. The number of nitrogens with zero attached hydrogens (tertiary/aromatic N) is 1. The molecule has 2 aromatic rings. The number of carboxylic acids is 1. The molecule has 0 saturated heterocycles. The molecule has 6 nitrogen and oxygen atoms in total. The summed E-state index contributed by atoms with van der Waals surface area (Å²) in [6.07, 6.45) is -4.72. The molecule has 0 unspecified atom stereocenters. The third-order valence-electron chi connectivity index (χ3n) is 3.19. The lowest BCUT2D eigenvalue weighted by molar-refractivity contribution is -0.138. The second kappa shape index (κ2) is 6.73. The van der Waals surface area contributed by atoms with E-state index in [9.17, 15) is 22.8 Å². The molecule has 0 atom stereocenters. The van der Waals surface area contributed by atoms with Crippen LogP contribution in [0.1, 0.15) is 28.2 Å². The van der Waals surface area contributed by atoms with Crippen molar-refractivity contribution in [3.05, 3.63) is 41.2 Å². The van der Waals surface area contributed by atoms with E-state index >= 15 is 0 Å². The third kappa shape index (κ3) is 4.12. The van der Waals surface area contributed by atoms with Gasteiger partial charge >= 0.3 is 12.1 Å². The lowest BCUT2D eigenvalue weighted by Gasteiger charge is -2.07. The molecule has 1 aromatic carbocycles. The maximum Gasteiger partial charge on any atom is 0.416 e. The molecule has 0 spiro atoms. The molecule has 24 heavy (non-hydrogen) atoms. The highest BCUT2D eigenvalue weighted by atomic mass is 19.4. The summed E-state index contributed by atoms with van der Waals surface area (Å²) in [7, 11) is 0. The van der Waals surface area contributed by atoms with Crippen molar-refractivity contribution in [1.29, 1.82) is 0 Å². The van der Waals surface area contributed by atoms with Crippen LogP contribution in [0.25, 0.3) is 11.4 Å². The number of carboxylic acid groups (broad SMARTS) is 1. The minimum atomic E-state index is -4.48. The van der Waals surface area contributed by atoms with Crippen molar-refractivity contribution in [3.63, 3.8) is 0 Å². The number of imidazole rings is 1. The molecule has 0 aliphatic carbocycles. The summed E-state index contributed by atoms with van der Waals surface area (Å²) in [5.74, 6) is -1.52. The largest absolute Gasteiger partial charge is 0.481 e. The molecule has 0 saturated carbocycles. The van der Waals surface area contributed by atoms with Crippen LogP contribution < -0.4 is 5.32 Å². The number of nitrogens with one attached hydrogen (secondary N) is 2. The first-order valence-corrected chi connectivity index (χ1v) is 6.92. The van der Waals surface area contributed by atoms with Crippen LogP contribution in [-0.2, 0) is 11.0 Å². The Bertz CT molecular complexity index is 769. The van der Waals surface area contributed by atoms with Crippen LogP contribution in [0.2, 0.25) is 0 Å². The second-order valence-corrected chi connectivity index (χ2v) is 5.04. The van der Waals surface area contributed by atoms with Gasteiger partial charge in [-0.05, 0) is 19.1 Å². The zero-order valence-electron chi connectivity index (χ0n) is 12.6. The summed E-state index contributed by atoms with van der Waals surface area (Å²) in [4.78, 5) is 29.2. The molecule has 0 aliphatic heterocycles. The zero-order valence-corrected chi connectivity index (χ0v) is 12.6. The van der Waals surface area contributed by atoms with Crippen molar-refractivity contribution in [3.8, 4) is 11.4 Å². The first-order chi connectivity index (χ1) is 11.2. The molecule has 1 aromatic heterocycles. The summed E-state index contributed by atoms with van der Waals surface area (Å²) in [6.45, 7) is 1.48. The fraction of sp³-hybridized carbons (Fsp3) is 0.267. The van der Waals surface area contributed by atoms with Crippen LogP contribution in [0, 0.1) is 6.92 Å². The van der Waals surface area contributed by atoms with Crippen molar-refractivity contribution in [1.82, 2.24) is 15.3 Å². The van der Waals surface area contributed by atoms with E-state index in [-0.39, 0.29) is 30.0 Å². The Morgan fingerprint density at radius 2 is 2.04 bits per heavy atom. The number of alkyl halides is 3. The van der Waals surface area contributed by atoms with Gasteiger partial charge in [0.2, 0.25) is 0 Å². The van der Waals surface area contributed by atoms with Gasteiger partial charge in [-0.3, -0.25) is 9.59 Å². The first-order valence-electron chi connectivity index (χ1n) is 6.92. The number of carbonyl (C=O) groups excluding carboxylic acids is 1. The fourth-order valence-electron chi connectivity index (χ4n) is 2.03. The van der Waals surface area contributed by atoms with E-state index in [2.05, 4.69) is 15.3 Å². The van der Waals surface area contributed by atoms with E-state index in [1.807, 2.05) is 0 Å². The van der Waals surface area contributed by atoms with Gasteiger partial charge in [-0.15, -0.1) is 0 Å². The topological polar surface area (TPSA) is 95.1 Å². The number of rotatable bonds is 5. The molecule has 1 amide bonds. The number of aliphatic carboxylic acids is 1. The van der Waals surface area contributed by atoms with Crippen molar-refractivity contribution < 1.29 is 27.9 Å². The standard InChI is InChI=1S/C15H14F3N3O3/c1-8-12(14(24)19-6-5-11(22)23)21-13(20-8)9-3-2-4-10(7-9)15(16,17)18/h2-4,7H,5-6H2,1H3,(H,19,24)(H,20,21)(H,22,23). The zero-order chi connectivity index (χ0) is 17.9. The second-order valence-electron chi connectivity index (χ2n) is 5.04. The lowest BCUT2D eigenvalue weighted by atomic mass is 10.1. The lowest BCUT2D eigenvalue weighted by Crippen LogP contribution is -2.26. The van der Waals surface area contributed by atoms with Crippen LogP contribution in [0.15, 0.2) is 24.3 Å². The van der Waals surface area contributed by atoms with Crippen LogP contribution in [0.4, 0.5) is 13.2 Å². The molecule has 0 aliphatic rings. The number of H-pyrrole nitrogens is 1. The molecule has 9 heteroatoms. The van der Waals surface area contributed by atoms with Gasteiger partial charge in [0.05, 0.1) is 12.0 Å². The van der Waals surface area contributed by atoms with Gasteiger partial charge in [0.15, 0.2) is 0 Å². The third-order valence-corrected chi connectivity index (χ3v) is 3.19. The van der Waals surface area contributed by atoms with Crippen molar-refractivity contribution in [2.75, 3.05) is 6.54 Å². The number of amides is 1. The Labute approximate surface area is 134 Å². The van der Waals surface area contributed by atoms with Gasteiger partial charge < -0.3 is 15.4 Å². The number of hydrogen-bond donors (Lipinski definition) is 3. The number of aromatic nitrogens is 2. The van der Waals surface area contributed by atoms with E-state index in [0.717, 1.165) is 12.1 Å². The maximum absolute atomic E-state index is 12.8. The van der Waals surface area contributed by atoms with Gasteiger partial charge in [0.1, 0.15) is 11.5 Å². The highest BCUT2D eigenvalue weighted by Crippen LogP contribution is 2.31. The van der Waals surface area contributed by atoms with Gasteiger partial charge in [0, 0.05) is 17.8 Å². The Morgan fingerprint density at radius 1 is 1.33 bits per heavy atom. The Hall–Kier alpha value is -2.84. The number of aryl methyl sites for hydroxylation is 1. The molecule has 0 radical (unpaired) electrons. The van der Waals surface area contributed by atoms with E-state index in [1.165, 1.54) is 12.1 Å². The Morgan fingerprint density at radius 3 is 2.67 bits per heavy atom. The number of benzene rings is 1. The van der Waals surface area contributed by atoms with Crippen molar-refractivity contribution in [2.24, 2.45) is 0 Å². The van der Waals surface area contributed by atoms with E-state index < -0.39 is 23.6 Å². The fourth-order valence-corrected chi connectivity index (χ4v) is 2.03. The van der Waals surface area contributed by atoms with E-state index in [4.69, 9.17) is 5.11 Å². The molecule has 1 heterocycles. The smallest absolute Gasteiger partial charge is 0.416 e.